The summed E-state index contributed by atoms with van der Waals surface area (Å²) in [6, 6.07) is 9.88. The van der Waals surface area contributed by atoms with E-state index < -0.39 is 11.6 Å². The molecule has 0 spiro atoms. The highest BCUT2D eigenvalue weighted by atomic mass is 16.5. The Bertz CT molecular complexity index is 581. The van der Waals surface area contributed by atoms with Gasteiger partial charge in [0.2, 0.25) is 0 Å². The first-order valence-electron chi connectivity index (χ1n) is 4.99. The SMILES string of the molecule is COC(=O)c1ccc(-c2cccoc2=O)cc1. The fourth-order valence-corrected chi connectivity index (χ4v) is 1.49. The quantitative estimate of drug-likeness (QED) is 0.741. The van der Waals surface area contributed by atoms with E-state index in [1.54, 1.807) is 36.4 Å². The lowest BCUT2D eigenvalue weighted by atomic mass is 10.1. The maximum Gasteiger partial charge on any atom is 0.343 e. The first kappa shape index (κ1) is 11.1. The van der Waals surface area contributed by atoms with Gasteiger partial charge in [-0.2, -0.15) is 0 Å². The molecule has 0 N–H and O–H groups in total. The number of benzene rings is 1. The van der Waals surface area contributed by atoms with Crippen LogP contribution in [0.25, 0.3) is 11.1 Å². The van der Waals surface area contributed by atoms with Crippen LogP contribution in [0.5, 0.6) is 0 Å². The van der Waals surface area contributed by atoms with E-state index in [1.165, 1.54) is 13.4 Å². The maximum atomic E-state index is 11.4. The predicted molar refractivity (Wildman–Crippen MR) is 61.8 cm³/mol. The number of ether oxygens (including phenoxy) is 1. The van der Waals surface area contributed by atoms with Crippen molar-refractivity contribution in [1.82, 2.24) is 0 Å². The Morgan fingerprint density at radius 2 is 1.88 bits per heavy atom. The minimum atomic E-state index is -0.406. The van der Waals surface area contributed by atoms with Gasteiger partial charge >= 0.3 is 11.6 Å². The summed E-state index contributed by atoms with van der Waals surface area (Å²) in [7, 11) is 1.32. The van der Waals surface area contributed by atoms with Crippen LogP contribution in [-0.2, 0) is 4.74 Å². The first-order chi connectivity index (χ1) is 8.22. The van der Waals surface area contributed by atoms with Crippen LogP contribution in [0.1, 0.15) is 10.4 Å². The van der Waals surface area contributed by atoms with Crippen molar-refractivity contribution in [2.24, 2.45) is 0 Å². The number of esters is 1. The van der Waals surface area contributed by atoms with E-state index in [2.05, 4.69) is 4.74 Å². The summed E-state index contributed by atoms with van der Waals surface area (Å²) in [5.41, 5.74) is 1.20. The number of methoxy groups -OCH3 is 1. The lowest BCUT2D eigenvalue weighted by molar-refractivity contribution is 0.0601. The smallest absolute Gasteiger partial charge is 0.343 e. The fourth-order valence-electron chi connectivity index (χ4n) is 1.49. The Hall–Kier alpha value is -2.36. The second-order valence-electron chi connectivity index (χ2n) is 3.38. The summed E-state index contributed by atoms with van der Waals surface area (Å²) in [4.78, 5) is 22.7. The molecule has 4 nitrogen and oxygen atoms in total. The van der Waals surface area contributed by atoms with Crippen molar-refractivity contribution in [3.63, 3.8) is 0 Å². The molecule has 0 unspecified atom stereocenters. The Labute approximate surface area is 97.5 Å². The second kappa shape index (κ2) is 4.65. The highest BCUT2D eigenvalue weighted by Crippen LogP contribution is 2.16. The van der Waals surface area contributed by atoms with Crippen LogP contribution in [0.3, 0.4) is 0 Å². The minimum Gasteiger partial charge on any atom is -0.465 e. The molecule has 1 aromatic heterocycles. The molecule has 0 aliphatic carbocycles. The van der Waals surface area contributed by atoms with Gasteiger partial charge in [0.15, 0.2) is 0 Å². The molecule has 0 aliphatic heterocycles. The molecule has 0 aliphatic rings. The normalized spacial score (nSPS) is 9.94. The van der Waals surface area contributed by atoms with Crippen molar-refractivity contribution in [2.75, 3.05) is 7.11 Å². The minimum absolute atomic E-state index is 0.404. The Morgan fingerprint density at radius 3 is 2.47 bits per heavy atom. The Balaban J connectivity index is 2.40. The van der Waals surface area contributed by atoms with E-state index in [9.17, 15) is 9.59 Å². The Morgan fingerprint density at radius 1 is 1.18 bits per heavy atom. The van der Waals surface area contributed by atoms with Gasteiger partial charge in [-0.1, -0.05) is 12.1 Å². The zero-order valence-corrected chi connectivity index (χ0v) is 9.17. The molecule has 0 saturated heterocycles. The lowest BCUT2D eigenvalue weighted by Crippen LogP contribution is -2.03. The van der Waals surface area contributed by atoms with Gasteiger partial charge in [-0.3, -0.25) is 0 Å². The van der Waals surface area contributed by atoms with Crippen molar-refractivity contribution >= 4 is 5.97 Å². The Kier molecular flexibility index (Phi) is 3.05. The zero-order chi connectivity index (χ0) is 12.3. The molecule has 4 heteroatoms. The van der Waals surface area contributed by atoms with Crippen LogP contribution in [0.15, 0.2) is 51.9 Å². The van der Waals surface area contributed by atoms with E-state index in [0.29, 0.717) is 16.7 Å². The highest BCUT2D eigenvalue weighted by molar-refractivity contribution is 5.89. The van der Waals surface area contributed by atoms with Crippen LogP contribution >= 0.6 is 0 Å². The van der Waals surface area contributed by atoms with Crippen LogP contribution < -0.4 is 5.63 Å². The standard InChI is InChI=1S/C13H10O4/c1-16-12(14)10-6-4-9(5-7-10)11-3-2-8-17-13(11)15/h2-8H,1H3. The third-order valence-electron chi connectivity index (χ3n) is 2.35. The monoisotopic (exact) mass is 230 g/mol. The van der Waals surface area contributed by atoms with Gasteiger partial charge in [0.05, 0.1) is 24.5 Å². The summed E-state index contributed by atoms with van der Waals surface area (Å²) < 4.78 is 9.35. The maximum absolute atomic E-state index is 11.4. The predicted octanol–water partition coefficient (Wildman–Crippen LogP) is 2.09. The summed E-state index contributed by atoms with van der Waals surface area (Å²) >= 11 is 0. The molecular weight excluding hydrogens is 220 g/mol. The summed E-state index contributed by atoms with van der Waals surface area (Å²) in [6.07, 6.45) is 1.33. The van der Waals surface area contributed by atoms with Crippen molar-refractivity contribution in [3.05, 3.63) is 58.6 Å². The van der Waals surface area contributed by atoms with Crippen molar-refractivity contribution in [2.45, 2.75) is 0 Å². The molecule has 2 aromatic rings. The lowest BCUT2D eigenvalue weighted by Gasteiger charge is -2.01. The molecule has 0 fully saturated rings. The number of hydrogen-bond donors (Lipinski definition) is 0. The van der Waals surface area contributed by atoms with Gasteiger partial charge in [0, 0.05) is 0 Å². The third kappa shape index (κ3) is 2.25. The molecule has 2 rings (SSSR count). The van der Waals surface area contributed by atoms with Crippen molar-refractivity contribution in [3.8, 4) is 11.1 Å². The summed E-state index contributed by atoms with van der Waals surface area (Å²) in [6.45, 7) is 0. The third-order valence-corrected chi connectivity index (χ3v) is 2.35. The van der Waals surface area contributed by atoms with Gasteiger partial charge in [0.1, 0.15) is 0 Å². The summed E-state index contributed by atoms with van der Waals surface area (Å²) in [5, 5.41) is 0. The number of carbonyl (C=O) groups is 1. The van der Waals surface area contributed by atoms with E-state index in [0.717, 1.165) is 0 Å². The second-order valence-corrected chi connectivity index (χ2v) is 3.38. The van der Waals surface area contributed by atoms with Gasteiger partial charge in [0.25, 0.3) is 0 Å². The molecule has 17 heavy (non-hydrogen) atoms. The van der Waals surface area contributed by atoms with Crippen LogP contribution in [0.2, 0.25) is 0 Å². The van der Waals surface area contributed by atoms with Gasteiger partial charge in [-0.25, -0.2) is 9.59 Å². The number of hydrogen-bond acceptors (Lipinski definition) is 4. The average Bonchev–Trinajstić information content (AvgIpc) is 2.39. The molecule has 0 radical (unpaired) electrons. The largest absolute Gasteiger partial charge is 0.465 e. The zero-order valence-electron chi connectivity index (χ0n) is 9.17. The van der Waals surface area contributed by atoms with E-state index in [4.69, 9.17) is 4.42 Å². The summed E-state index contributed by atoms with van der Waals surface area (Å²) in [5.74, 6) is -0.406. The molecule has 0 bridgehead atoms. The molecule has 1 heterocycles. The molecule has 86 valence electrons. The average molecular weight is 230 g/mol. The van der Waals surface area contributed by atoms with E-state index in [1.807, 2.05) is 0 Å². The molecular formula is C13H10O4. The van der Waals surface area contributed by atoms with Gasteiger partial charge in [-0.15, -0.1) is 0 Å². The number of carbonyl (C=O) groups excluding carboxylic acids is 1. The fraction of sp³-hybridized carbons (Fsp3) is 0.0769. The molecule has 0 atom stereocenters. The van der Waals surface area contributed by atoms with Crippen LogP contribution in [0, 0.1) is 0 Å². The van der Waals surface area contributed by atoms with Gasteiger partial charge < -0.3 is 9.15 Å². The highest BCUT2D eigenvalue weighted by Gasteiger charge is 2.07. The van der Waals surface area contributed by atoms with Crippen LogP contribution in [0.4, 0.5) is 0 Å². The number of rotatable bonds is 2. The van der Waals surface area contributed by atoms with Crippen LogP contribution in [-0.4, -0.2) is 13.1 Å². The van der Waals surface area contributed by atoms with Crippen molar-refractivity contribution < 1.29 is 13.9 Å². The van der Waals surface area contributed by atoms with E-state index in [-0.39, 0.29) is 0 Å². The van der Waals surface area contributed by atoms with E-state index >= 15 is 0 Å². The molecule has 1 aromatic carbocycles. The topological polar surface area (TPSA) is 56.5 Å². The first-order valence-corrected chi connectivity index (χ1v) is 4.99. The molecule has 0 amide bonds. The van der Waals surface area contributed by atoms with Crippen molar-refractivity contribution in [1.29, 1.82) is 0 Å². The van der Waals surface area contributed by atoms with Gasteiger partial charge in [-0.05, 0) is 29.8 Å². The molecule has 0 saturated carbocycles.